The van der Waals surface area contributed by atoms with Crippen LogP contribution < -0.4 is 10.6 Å². The monoisotopic (exact) mass is 256 g/mol. The van der Waals surface area contributed by atoms with E-state index in [0.29, 0.717) is 17.9 Å². The van der Waals surface area contributed by atoms with Gasteiger partial charge in [-0.3, -0.25) is 0 Å². The predicted octanol–water partition coefficient (Wildman–Crippen LogP) is 2.05. The molecule has 17 heavy (non-hydrogen) atoms. The summed E-state index contributed by atoms with van der Waals surface area (Å²) in [6, 6.07) is 1.14. The minimum Gasteiger partial charge on any atom is -0.406 e. The van der Waals surface area contributed by atoms with E-state index in [1.807, 2.05) is 18.7 Å². The van der Waals surface area contributed by atoms with E-state index in [2.05, 4.69) is 27.8 Å². The first-order chi connectivity index (χ1) is 8.29. The van der Waals surface area contributed by atoms with Gasteiger partial charge in [0.15, 0.2) is 0 Å². The molecule has 0 spiro atoms. The lowest BCUT2D eigenvalue weighted by Crippen LogP contribution is -2.25. The Morgan fingerprint density at radius 3 is 3.12 bits per heavy atom. The summed E-state index contributed by atoms with van der Waals surface area (Å²) in [6.45, 7) is 4.98. The van der Waals surface area contributed by atoms with E-state index in [1.54, 1.807) is 0 Å². The van der Waals surface area contributed by atoms with Gasteiger partial charge in [-0.2, -0.15) is 11.8 Å². The third-order valence-corrected chi connectivity index (χ3v) is 4.02. The maximum atomic E-state index is 5.60. The third kappa shape index (κ3) is 3.61. The highest BCUT2D eigenvalue weighted by Crippen LogP contribution is 2.21. The van der Waals surface area contributed by atoms with Crippen molar-refractivity contribution in [3.05, 3.63) is 5.89 Å². The van der Waals surface area contributed by atoms with Crippen molar-refractivity contribution >= 4 is 17.8 Å². The summed E-state index contributed by atoms with van der Waals surface area (Å²) in [5, 5.41) is 14.6. The van der Waals surface area contributed by atoms with Crippen LogP contribution in [-0.4, -0.2) is 34.3 Å². The van der Waals surface area contributed by atoms with E-state index in [1.165, 1.54) is 18.6 Å². The van der Waals surface area contributed by atoms with Crippen molar-refractivity contribution in [2.45, 2.75) is 38.8 Å². The van der Waals surface area contributed by atoms with Crippen LogP contribution in [0.25, 0.3) is 0 Å². The largest absolute Gasteiger partial charge is 0.406 e. The summed E-state index contributed by atoms with van der Waals surface area (Å²) in [5.74, 6) is 3.04. The van der Waals surface area contributed by atoms with Crippen LogP contribution in [-0.2, 0) is 0 Å². The Hall–Kier alpha value is -0.750. The summed E-state index contributed by atoms with van der Waals surface area (Å²) < 4.78 is 5.60. The number of anilines is 1. The van der Waals surface area contributed by atoms with Crippen LogP contribution in [0, 0.1) is 0 Å². The van der Waals surface area contributed by atoms with E-state index < -0.39 is 0 Å². The average molecular weight is 256 g/mol. The number of thioether (sulfide) groups is 1. The Balaban J connectivity index is 1.88. The Labute approximate surface area is 106 Å². The third-order valence-electron chi connectivity index (χ3n) is 2.81. The molecule has 96 valence electrons. The first kappa shape index (κ1) is 12.7. The maximum Gasteiger partial charge on any atom is 0.315 e. The number of rotatable bonds is 5. The van der Waals surface area contributed by atoms with Crippen molar-refractivity contribution in [2.75, 3.05) is 23.4 Å². The molecule has 1 aromatic heterocycles. The molecular weight excluding hydrogens is 236 g/mol. The van der Waals surface area contributed by atoms with Gasteiger partial charge in [0.25, 0.3) is 0 Å². The lowest BCUT2D eigenvalue weighted by molar-refractivity contribution is 0.426. The van der Waals surface area contributed by atoms with Crippen molar-refractivity contribution in [1.82, 2.24) is 15.5 Å². The molecule has 1 saturated heterocycles. The molecule has 2 heterocycles. The van der Waals surface area contributed by atoms with Gasteiger partial charge in [-0.25, -0.2) is 0 Å². The van der Waals surface area contributed by atoms with Crippen LogP contribution in [0.3, 0.4) is 0 Å². The summed E-state index contributed by atoms with van der Waals surface area (Å²) in [4.78, 5) is 0. The first-order valence-electron chi connectivity index (χ1n) is 6.20. The molecule has 2 atom stereocenters. The van der Waals surface area contributed by atoms with Crippen LogP contribution in [0.1, 0.15) is 38.6 Å². The molecule has 2 unspecified atom stereocenters. The molecule has 0 radical (unpaired) electrons. The van der Waals surface area contributed by atoms with Gasteiger partial charge >= 0.3 is 6.01 Å². The molecule has 5 nitrogen and oxygen atoms in total. The van der Waals surface area contributed by atoms with E-state index in [4.69, 9.17) is 4.42 Å². The molecule has 1 aromatic rings. The van der Waals surface area contributed by atoms with Crippen LogP contribution in [0.5, 0.6) is 0 Å². The number of hydrogen-bond donors (Lipinski definition) is 2. The van der Waals surface area contributed by atoms with E-state index in [9.17, 15) is 0 Å². The molecule has 2 rings (SSSR count). The predicted molar refractivity (Wildman–Crippen MR) is 70.4 cm³/mol. The van der Waals surface area contributed by atoms with Crippen LogP contribution in [0.15, 0.2) is 4.42 Å². The zero-order chi connectivity index (χ0) is 12.1. The van der Waals surface area contributed by atoms with Gasteiger partial charge in [0.2, 0.25) is 5.89 Å². The zero-order valence-corrected chi connectivity index (χ0v) is 11.2. The molecule has 6 heteroatoms. The van der Waals surface area contributed by atoms with Crippen molar-refractivity contribution < 1.29 is 4.42 Å². The molecule has 0 amide bonds. The Morgan fingerprint density at radius 2 is 2.41 bits per heavy atom. The Morgan fingerprint density at radius 1 is 1.53 bits per heavy atom. The smallest absolute Gasteiger partial charge is 0.315 e. The SMILES string of the molecule is CCNC(C)c1nnc(NC2CCCSC2)o1. The van der Waals surface area contributed by atoms with Crippen LogP contribution in [0.4, 0.5) is 6.01 Å². The second kappa shape index (κ2) is 6.26. The standard InChI is InChI=1S/C11H20N4OS/c1-3-12-8(2)10-14-15-11(16-10)13-9-5-4-6-17-7-9/h8-9,12H,3-7H2,1-2H3,(H,13,15). The molecule has 0 aromatic carbocycles. The number of aromatic nitrogens is 2. The van der Waals surface area contributed by atoms with Crippen molar-refractivity contribution in [3.8, 4) is 0 Å². The minimum atomic E-state index is 0.115. The lowest BCUT2D eigenvalue weighted by atomic mass is 10.2. The van der Waals surface area contributed by atoms with E-state index >= 15 is 0 Å². The molecule has 1 fully saturated rings. The normalized spacial score (nSPS) is 22.4. The van der Waals surface area contributed by atoms with Gasteiger partial charge in [-0.15, -0.1) is 5.10 Å². The second-order valence-corrected chi connectivity index (χ2v) is 5.43. The molecule has 0 aliphatic carbocycles. The fourth-order valence-electron chi connectivity index (χ4n) is 1.89. The highest BCUT2D eigenvalue weighted by molar-refractivity contribution is 7.99. The van der Waals surface area contributed by atoms with E-state index in [0.717, 1.165) is 12.3 Å². The Bertz CT molecular complexity index is 338. The molecule has 0 saturated carbocycles. The second-order valence-electron chi connectivity index (χ2n) is 4.28. The molecule has 1 aliphatic rings. The van der Waals surface area contributed by atoms with Gasteiger partial charge in [-0.05, 0) is 32.1 Å². The van der Waals surface area contributed by atoms with Crippen molar-refractivity contribution in [3.63, 3.8) is 0 Å². The summed E-state index contributed by atoms with van der Waals surface area (Å²) >= 11 is 1.98. The topological polar surface area (TPSA) is 63.0 Å². The maximum absolute atomic E-state index is 5.60. The lowest BCUT2D eigenvalue weighted by Gasteiger charge is -2.21. The van der Waals surface area contributed by atoms with Crippen LogP contribution in [0.2, 0.25) is 0 Å². The molecule has 2 N–H and O–H groups in total. The summed E-state index contributed by atoms with van der Waals surface area (Å²) in [5.41, 5.74) is 0. The average Bonchev–Trinajstić information content (AvgIpc) is 2.79. The van der Waals surface area contributed by atoms with Gasteiger partial charge in [0, 0.05) is 11.8 Å². The van der Waals surface area contributed by atoms with Gasteiger partial charge < -0.3 is 15.1 Å². The van der Waals surface area contributed by atoms with Gasteiger partial charge in [0.05, 0.1) is 6.04 Å². The highest BCUT2D eigenvalue weighted by atomic mass is 32.2. The zero-order valence-electron chi connectivity index (χ0n) is 10.4. The number of nitrogens with one attached hydrogen (secondary N) is 2. The van der Waals surface area contributed by atoms with Gasteiger partial charge in [-0.1, -0.05) is 12.0 Å². The van der Waals surface area contributed by atoms with Gasteiger partial charge in [0.1, 0.15) is 0 Å². The number of nitrogens with zero attached hydrogens (tertiary/aromatic N) is 2. The van der Waals surface area contributed by atoms with Crippen molar-refractivity contribution in [2.24, 2.45) is 0 Å². The van der Waals surface area contributed by atoms with Crippen molar-refractivity contribution in [1.29, 1.82) is 0 Å². The first-order valence-corrected chi connectivity index (χ1v) is 7.36. The summed E-state index contributed by atoms with van der Waals surface area (Å²) in [7, 11) is 0. The highest BCUT2D eigenvalue weighted by Gasteiger charge is 2.17. The van der Waals surface area contributed by atoms with Crippen LogP contribution >= 0.6 is 11.8 Å². The molecule has 0 bridgehead atoms. The fourth-order valence-corrected chi connectivity index (χ4v) is 2.96. The fraction of sp³-hybridized carbons (Fsp3) is 0.818. The Kier molecular flexibility index (Phi) is 4.67. The molecule has 1 aliphatic heterocycles. The number of hydrogen-bond acceptors (Lipinski definition) is 6. The minimum absolute atomic E-state index is 0.115. The van der Waals surface area contributed by atoms with E-state index in [-0.39, 0.29) is 6.04 Å². The summed E-state index contributed by atoms with van der Waals surface area (Å²) in [6.07, 6.45) is 2.45. The quantitative estimate of drug-likeness (QED) is 0.840. The molecular formula is C11H20N4OS.